The Kier molecular flexibility index (Phi) is 4.49. The van der Waals surface area contributed by atoms with Crippen LogP contribution < -0.4 is 5.32 Å². The van der Waals surface area contributed by atoms with Crippen LogP contribution in [-0.2, 0) is 23.2 Å². The van der Waals surface area contributed by atoms with Crippen LogP contribution in [0.5, 0.6) is 0 Å². The van der Waals surface area contributed by atoms with Crippen molar-refractivity contribution in [2.24, 2.45) is 7.05 Å². The standard InChI is InChI=1S/C18H17ClN6O2/c1-24-8-7-11(22-24)9-25-10-15(21-23-25)14-4-2-3-12(17(14)19)13-5-6-16(26)20-18(13)27/h2-4,7-8,10,13H,5-6,9H2,1H3,(H,20,26,27). The Morgan fingerprint density at radius 3 is 2.89 bits per heavy atom. The highest BCUT2D eigenvalue weighted by Crippen LogP contribution is 2.36. The molecule has 0 radical (unpaired) electrons. The van der Waals surface area contributed by atoms with Crippen LogP contribution >= 0.6 is 11.6 Å². The lowest BCUT2D eigenvalue weighted by molar-refractivity contribution is -0.134. The highest BCUT2D eigenvalue weighted by Gasteiger charge is 2.30. The number of hydrogen-bond acceptors (Lipinski definition) is 5. The lowest BCUT2D eigenvalue weighted by Gasteiger charge is -2.22. The highest BCUT2D eigenvalue weighted by molar-refractivity contribution is 6.34. The van der Waals surface area contributed by atoms with Crippen LogP contribution in [0.15, 0.2) is 36.7 Å². The van der Waals surface area contributed by atoms with Gasteiger partial charge in [-0.25, -0.2) is 4.68 Å². The summed E-state index contributed by atoms with van der Waals surface area (Å²) in [4.78, 5) is 23.6. The molecule has 1 aliphatic rings. The van der Waals surface area contributed by atoms with Crippen molar-refractivity contribution in [3.63, 3.8) is 0 Å². The van der Waals surface area contributed by atoms with Crippen molar-refractivity contribution < 1.29 is 9.59 Å². The third kappa shape index (κ3) is 3.48. The van der Waals surface area contributed by atoms with Crippen molar-refractivity contribution in [1.82, 2.24) is 30.1 Å². The second-order valence-corrected chi connectivity index (χ2v) is 6.87. The molecule has 27 heavy (non-hydrogen) atoms. The number of aromatic nitrogens is 5. The number of carbonyl (C=O) groups is 2. The summed E-state index contributed by atoms with van der Waals surface area (Å²) in [7, 11) is 1.86. The molecule has 1 saturated heterocycles. The van der Waals surface area contributed by atoms with E-state index in [9.17, 15) is 9.59 Å². The first kappa shape index (κ1) is 17.4. The maximum atomic E-state index is 12.2. The van der Waals surface area contributed by atoms with Gasteiger partial charge in [0.15, 0.2) is 0 Å². The number of hydrogen-bond donors (Lipinski definition) is 1. The molecule has 1 fully saturated rings. The zero-order valence-electron chi connectivity index (χ0n) is 14.6. The van der Waals surface area contributed by atoms with Crippen LogP contribution in [0.4, 0.5) is 0 Å². The first-order valence-corrected chi connectivity index (χ1v) is 8.90. The molecule has 1 N–H and O–H groups in total. The molecule has 138 valence electrons. The number of imide groups is 1. The third-order valence-corrected chi connectivity index (χ3v) is 4.97. The second-order valence-electron chi connectivity index (χ2n) is 6.49. The largest absolute Gasteiger partial charge is 0.296 e. The second kappa shape index (κ2) is 6.96. The van der Waals surface area contributed by atoms with E-state index in [0.717, 1.165) is 5.69 Å². The fourth-order valence-corrected chi connectivity index (χ4v) is 3.57. The topological polar surface area (TPSA) is 94.7 Å². The minimum atomic E-state index is -0.446. The van der Waals surface area contributed by atoms with Crippen molar-refractivity contribution in [3.8, 4) is 11.3 Å². The summed E-state index contributed by atoms with van der Waals surface area (Å²) in [5.74, 6) is -1.01. The summed E-state index contributed by atoms with van der Waals surface area (Å²) < 4.78 is 3.42. The summed E-state index contributed by atoms with van der Waals surface area (Å²) >= 11 is 6.59. The molecule has 2 amide bonds. The minimum absolute atomic E-state index is 0.249. The highest BCUT2D eigenvalue weighted by atomic mass is 35.5. The molecule has 0 aliphatic carbocycles. The molecule has 1 unspecified atom stereocenters. The van der Waals surface area contributed by atoms with E-state index in [4.69, 9.17) is 11.6 Å². The number of nitrogens with zero attached hydrogens (tertiary/aromatic N) is 5. The zero-order chi connectivity index (χ0) is 19.0. The molecule has 3 aromatic rings. The maximum absolute atomic E-state index is 12.2. The van der Waals surface area contributed by atoms with E-state index in [2.05, 4.69) is 20.7 Å². The van der Waals surface area contributed by atoms with Crippen molar-refractivity contribution >= 4 is 23.4 Å². The number of nitrogens with one attached hydrogen (secondary N) is 1. The Morgan fingerprint density at radius 1 is 1.30 bits per heavy atom. The molecule has 0 spiro atoms. The van der Waals surface area contributed by atoms with Gasteiger partial charge < -0.3 is 0 Å². The molecule has 8 nitrogen and oxygen atoms in total. The van der Waals surface area contributed by atoms with Gasteiger partial charge in [-0.2, -0.15) is 5.10 Å². The zero-order valence-corrected chi connectivity index (χ0v) is 15.3. The van der Waals surface area contributed by atoms with E-state index < -0.39 is 5.92 Å². The maximum Gasteiger partial charge on any atom is 0.234 e. The van der Waals surface area contributed by atoms with Gasteiger partial charge in [0.2, 0.25) is 11.8 Å². The molecule has 0 saturated carbocycles. The Labute approximate surface area is 160 Å². The van der Waals surface area contributed by atoms with Crippen LogP contribution in [0, 0.1) is 0 Å². The number of rotatable bonds is 4. The number of halogens is 1. The molecular weight excluding hydrogens is 368 g/mol. The normalized spacial score (nSPS) is 17.2. The molecule has 1 aromatic carbocycles. The molecular formula is C18H17ClN6O2. The molecule has 4 rings (SSSR count). The SMILES string of the molecule is Cn1ccc(Cn2cc(-c3cccc(C4CCC(=O)NC4=O)c3Cl)nn2)n1. The van der Waals surface area contributed by atoms with E-state index in [1.165, 1.54) is 0 Å². The Morgan fingerprint density at radius 2 is 2.15 bits per heavy atom. The van der Waals surface area contributed by atoms with Crippen molar-refractivity contribution in [1.29, 1.82) is 0 Å². The van der Waals surface area contributed by atoms with Crippen LogP contribution in [0.1, 0.15) is 30.0 Å². The van der Waals surface area contributed by atoms with Gasteiger partial charge in [-0.3, -0.25) is 19.6 Å². The van der Waals surface area contributed by atoms with E-state index in [1.54, 1.807) is 15.6 Å². The molecule has 1 aliphatic heterocycles. The number of piperidine rings is 1. The molecule has 3 heterocycles. The average Bonchev–Trinajstić information content (AvgIpc) is 3.25. The first-order valence-electron chi connectivity index (χ1n) is 8.52. The molecule has 9 heteroatoms. The van der Waals surface area contributed by atoms with Crippen molar-refractivity contribution in [2.45, 2.75) is 25.3 Å². The smallest absolute Gasteiger partial charge is 0.234 e. The van der Waals surface area contributed by atoms with Gasteiger partial charge in [-0.05, 0) is 18.1 Å². The fourth-order valence-electron chi connectivity index (χ4n) is 3.22. The third-order valence-electron chi connectivity index (χ3n) is 4.55. The predicted octanol–water partition coefficient (Wildman–Crippen LogP) is 1.90. The predicted molar refractivity (Wildman–Crippen MR) is 97.9 cm³/mol. The van der Waals surface area contributed by atoms with Gasteiger partial charge in [0.25, 0.3) is 0 Å². The minimum Gasteiger partial charge on any atom is -0.296 e. The van der Waals surface area contributed by atoms with Gasteiger partial charge in [-0.15, -0.1) is 5.10 Å². The first-order chi connectivity index (χ1) is 13.0. The summed E-state index contributed by atoms with van der Waals surface area (Å²) in [5, 5.41) is 15.5. The Hall–Kier alpha value is -3.00. The molecule has 1 atom stereocenters. The number of carbonyl (C=O) groups excluding carboxylic acids is 2. The van der Waals surface area contributed by atoms with Crippen LogP contribution in [0.3, 0.4) is 0 Å². The Balaban J connectivity index is 1.61. The summed E-state index contributed by atoms with van der Waals surface area (Å²) in [6.07, 6.45) is 4.41. The quantitative estimate of drug-likeness (QED) is 0.693. The number of benzene rings is 1. The van der Waals surface area contributed by atoms with E-state index in [0.29, 0.717) is 41.2 Å². The van der Waals surface area contributed by atoms with Gasteiger partial charge in [-0.1, -0.05) is 35.0 Å². The molecule has 0 bridgehead atoms. The fraction of sp³-hybridized carbons (Fsp3) is 0.278. The Bertz CT molecular complexity index is 1020. The van der Waals surface area contributed by atoms with E-state index in [-0.39, 0.29) is 11.8 Å². The van der Waals surface area contributed by atoms with E-state index in [1.807, 2.05) is 37.5 Å². The average molecular weight is 385 g/mol. The van der Waals surface area contributed by atoms with Crippen molar-refractivity contribution in [2.75, 3.05) is 0 Å². The van der Waals surface area contributed by atoms with Gasteiger partial charge in [0.1, 0.15) is 5.69 Å². The summed E-state index contributed by atoms with van der Waals surface area (Å²) in [6, 6.07) is 7.40. The van der Waals surface area contributed by atoms with Gasteiger partial charge in [0, 0.05) is 25.2 Å². The lowest BCUT2D eigenvalue weighted by atomic mass is 9.89. The van der Waals surface area contributed by atoms with E-state index >= 15 is 0 Å². The summed E-state index contributed by atoms with van der Waals surface area (Å²) in [5.41, 5.74) is 2.88. The van der Waals surface area contributed by atoms with Crippen molar-refractivity contribution in [3.05, 3.63) is 52.9 Å². The number of amides is 2. The lowest BCUT2D eigenvalue weighted by Crippen LogP contribution is -2.39. The number of aryl methyl sites for hydroxylation is 1. The van der Waals surface area contributed by atoms with Gasteiger partial charge >= 0.3 is 0 Å². The molecule has 2 aromatic heterocycles. The monoisotopic (exact) mass is 384 g/mol. The van der Waals surface area contributed by atoms with Crippen LogP contribution in [0.25, 0.3) is 11.3 Å². The van der Waals surface area contributed by atoms with Crippen LogP contribution in [0.2, 0.25) is 5.02 Å². The van der Waals surface area contributed by atoms with Crippen LogP contribution in [-0.4, -0.2) is 36.6 Å². The summed E-state index contributed by atoms with van der Waals surface area (Å²) in [6.45, 7) is 0.498. The van der Waals surface area contributed by atoms with Gasteiger partial charge in [0.05, 0.1) is 29.4 Å².